The lowest BCUT2D eigenvalue weighted by atomic mass is 10.1. The normalized spacial score (nSPS) is 13.2. The van der Waals surface area contributed by atoms with Crippen molar-refractivity contribution in [1.82, 2.24) is 14.8 Å². The largest absolute Gasteiger partial charge is 0.478 e. The van der Waals surface area contributed by atoms with Gasteiger partial charge in [0.15, 0.2) is 0 Å². The topological polar surface area (TPSA) is 88.3 Å². The molecule has 0 saturated heterocycles. The van der Waals surface area contributed by atoms with E-state index in [1.807, 2.05) is 47.5 Å². The van der Waals surface area contributed by atoms with Gasteiger partial charge in [-0.25, -0.2) is 14.5 Å². The van der Waals surface area contributed by atoms with Gasteiger partial charge in [-0.2, -0.15) is 0 Å². The summed E-state index contributed by atoms with van der Waals surface area (Å²) in [6.45, 7) is 3.06. The van der Waals surface area contributed by atoms with E-state index < -0.39 is 5.97 Å². The second kappa shape index (κ2) is 9.43. The third-order valence-corrected chi connectivity index (χ3v) is 5.23. The molecular formula is C25H24N4O3. The fraction of sp³-hybridized carbons (Fsp3) is 0.200. The van der Waals surface area contributed by atoms with Crippen molar-refractivity contribution in [2.45, 2.75) is 26.3 Å². The van der Waals surface area contributed by atoms with E-state index >= 15 is 0 Å². The summed E-state index contributed by atoms with van der Waals surface area (Å²) in [5.74, 6) is -0.202. The van der Waals surface area contributed by atoms with Crippen LogP contribution in [0.3, 0.4) is 0 Å². The predicted octanol–water partition coefficient (Wildman–Crippen LogP) is 4.12. The summed E-state index contributed by atoms with van der Waals surface area (Å²) in [5, 5.41) is 14.0. The molecule has 4 rings (SSSR count). The molecule has 0 spiro atoms. The van der Waals surface area contributed by atoms with Crippen LogP contribution in [0.15, 0.2) is 78.5 Å². The molecule has 1 aliphatic heterocycles. The first-order valence-electron chi connectivity index (χ1n) is 10.6. The Labute approximate surface area is 186 Å². The summed E-state index contributed by atoms with van der Waals surface area (Å²) >= 11 is 0. The summed E-state index contributed by atoms with van der Waals surface area (Å²) < 4.78 is 1.78. The Morgan fingerprint density at radius 1 is 1.06 bits per heavy atom. The van der Waals surface area contributed by atoms with Gasteiger partial charge in [-0.1, -0.05) is 55.5 Å². The minimum Gasteiger partial charge on any atom is -0.478 e. The van der Waals surface area contributed by atoms with Crippen LogP contribution in [0.4, 0.5) is 5.69 Å². The Balaban J connectivity index is 1.57. The first kappa shape index (κ1) is 21.2. The molecule has 0 bridgehead atoms. The standard InChI is InChI=1S/C25H24N4O3/c1-2-9-22-26-24(23(30)19-11-4-3-5-12-19)27-29(22)17-18-10-8-15-28(16-18)21-14-7-6-13-20(21)25(31)32/h3-8,10-15H,2,9,16-17H2,1H3,(H,31,32). The maximum Gasteiger partial charge on any atom is 0.337 e. The third-order valence-electron chi connectivity index (χ3n) is 5.23. The van der Waals surface area contributed by atoms with E-state index in [4.69, 9.17) is 0 Å². The quantitative estimate of drug-likeness (QED) is 0.543. The molecule has 1 aromatic heterocycles. The number of aromatic nitrogens is 3. The number of ketones is 1. The summed E-state index contributed by atoms with van der Waals surface area (Å²) in [5.41, 5.74) is 2.48. The molecule has 3 aromatic rings. The number of anilines is 1. The summed E-state index contributed by atoms with van der Waals surface area (Å²) in [4.78, 5) is 30.9. The minimum atomic E-state index is -0.962. The number of carboxylic acid groups (broad SMARTS) is 1. The first-order valence-corrected chi connectivity index (χ1v) is 10.6. The van der Waals surface area contributed by atoms with Gasteiger partial charge in [0.2, 0.25) is 11.6 Å². The van der Waals surface area contributed by atoms with Crippen LogP contribution in [0.25, 0.3) is 0 Å². The lowest BCUT2D eigenvalue weighted by molar-refractivity contribution is 0.0697. The Kier molecular flexibility index (Phi) is 6.26. The van der Waals surface area contributed by atoms with Crippen molar-refractivity contribution >= 4 is 17.4 Å². The van der Waals surface area contributed by atoms with Crippen LogP contribution in [0.5, 0.6) is 0 Å². The zero-order valence-corrected chi connectivity index (χ0v) is 17.8. The monoisotopic (exact) mass is 428 g/mol. The van der Waals surface area contributed by atoms with Crippen molar-refractivity contribution in [3.63, 3.8) is 0 Å². The number of hydrogen-bond donors (Lipinski definition) is 1. The molecule has 7 heteroatoms. The van der Waals surface area contributed by atoms with Crippen molar-refractivity contribution in [2.75, 3.05) is 11.4 Å². The Hall–Kier alpha value is -4.00. The van der Waals surface area contributed by atoms with Gasteiger partial charge in [-0.05, 0) is 30.2 Å². The number of aryl methyl sites for hydroxylation is 1. The minimum absolute atomic E-state index is 0.194. The molecule has 0 unspecified atom stereocenters. The molecular weight excluding hydrogens is 404 g/mol. The molecule has 0 saturated carbocycles. The number of allylic oxidation sites excluding steroid dienone is 2. The second-order valence-corrected chi connectivity index (χ2v) is 7.57. The molecule has 7 nitrogen and oxygen atoms in total. The van der Waals surface area contributed by atoms with Crippen LogP contribution in [-0.4, -0.2) is 38.2 Å². The number of aromatic carboxylic acids is 1. The zero-order valence-electron chi connectivity index (χ0n) is 17.8. The molecule has 0 aliphatic carbocycles. The van der Waals surface area contributed by atoms with E-state index in [-0.39, 0.29) is 17.2 Å². The maximum absolute atomic E-state index is 12.8. The van der Waals surface area contributed by atoms with Crippen LogP contribution in [0.1, 0.15) is 45.7 Å². The van der Waals surface area contributed by atoms with E-state index in [1.54, 1.807) is 35.0 Å². The molecule has 0 amide bonds. The van der Waals surface area contributed by atoms with Gasteiger partial charge in [0, 0.05) is 24.7 Å². The number of para-hydroxylation sites is 1. The lowest BCUT2D eigenvalue weighted by Gasteiger charge is -2.26. The predicted molar refractivity (Wildman–Crippen MR) is 122 cm³/mol. The Morgan fingerprint density at radius 3 is 2.56 bits per heavy atom. The van der Waals surface area contributed by atoms with Crippen LogP contribution in [0.2, 0.25) is 0 Å². The van der Waals surface area contributed by atoms with Crippen molar-refractivity contribution in [1.29, 1.82) is 0 Å². The number of carbonyl (C=O) groups excluding carboxylic acids is 1. The maximum atomic E-state index is 12.8. The van der Waals surface area contributed by atoms with Gasteiger partial charge in [0.25, 0.3) is 0 Å². The van der Waals surface area contributed by atoms with Gasteiger partial charge < -0.3 is 10.0 Å². The van der Waals surface area contributed by atoms with E-state index in [1.165, 1.54) is 0 Å². The number of carboxylic acids is 1. The highest BCUT2D eigenvalue weighted by molar-refractivity contribution is 6.06. The van der Waals surface area contributed by atoms with Gasteiger partial charge in [0.1, 0.15) is 5.82 Å². The molecule has 1 aliphatic rings. The van der Waals surface area contributed by atoms with Crippen LogP contribution >= 0.6 is 0 Å². The molecule has 162 valence electrons. The Bertz CT molecular complexity index is 1190. The molecule has 0 fully saturated rings. The highest BCUT2D eigenvalue weighted by Gasteiger charge is 2.20. The summed E-state index contributed by atoms with van der Waals surface area (Å²) in [7, 11) is 0. The highest BCUT2D eigenvalue weighted by Crippen LogP contribution is 2.24. The number of hydrogen-bond acceptors (Lipinski definition) is 5. The Morgan fingerprint density at radius 2 is 1.81 bits per heavy atom. The molecule has 2 heterocycles. The molecule has 1 N–H and O–H groups in total. The molecule has 0 atom stereocenters. The van der Waals surface area contributed by atoms with Crippen molar-refractivity contribution in [2.24, 2.45) is 0 Å². The fourth-order valence-corrected chi connectivity index (χ4v) is 3.70. The molecule has 2 aromatic carbocycles. The average molecular weight is 428 g/mol. The van der Waals surface area contributed by atoms with Gasteiger partial charge >= 0.3 is 5.97 Å². The van der Waals surface area contributed by atoms with Crippen LogP contribution in [-0.2, 0) is 13.0 Å². The van der Waals surface area contributed by atoms with Crippen molar-refractivity contribution < 1.29 is 14.7 Å². The van der Waals surface area contributed by atoms with Crippen LogP contribution < -0.4 is 4.90 Å². The van der Waals surface area contributed by atoms with E-state index in [2.05, 4.69) is 17.0 Å². The van der Waals surface area contributed by atoms with Crippen LogP contribution in [0, 0.1) is 0 Å². The van der Waals surface area contributed by atoms with Gasteiger partial charge in [0.05, 0.1) is 17.8 Å². The second-order valence-electron chi connectivity index (χ2n) is 7.57. The number of rotatable bonds is 8. The molecule has 0 radical (unpaired) electrons. The third kappa shape index (κ3) is 4.51. The van der Waals surface area contributed by atoms with Crippen molar-refractivity contribution in [3.05, 3.63) is 101 Å². The van der Waals surface area contributed by atoms with E-state index in [0.29, 0.717) is 30.8 Å². The zero-order chi connectivity index (χ0) is 22.5. The number of nitrogens with zero attached hydrogens (tertiary/aromatic N) is 4. The SMILES string of the molecule is CCCc1nc(C(=O)c2ccccc2)nn1CC1=CC=CN(c2ccccc2C(=O)O)C1. The molecule has 32 heavy (non-hydrogen) atoms. The van der Waals surface area contributed by atoms with E-state index in [0.717, 1.165) is 17.8 Å². The van der Waals surface area contributed by atoms with E-state index in [9.17, 15) is 14.7 Å². The fourth-order valence-electron chi connectivity index (χ4n) is 3.70. The van der Waals surface area contributed by atoms with Gasteiger partial charge in [-0.15, -0.1) is 5.10 Å². The van der Waals surface area contributed by atoms with Crippen molar-refractivity contribution in [3.8, 4) is 0 Å². The summed E-state index contributed by atoms with van der Waals surface area (Å²) in [6, 6.07) is 16.0. The van der Waals surface area contributed by atoms with Gasteiger partial charge in [-0.3, -0.25) is 4.79 Å². The first-order chi connectivity index (χ1) is 15.6. The number of benzene rings is 2. The smallest absolute Gasteiger partial charge is 0.337 e. The highest BCUT2D eigenvalue weighted by atomic mass is 16.4. The lowest BCUT2D eigenvalue weighted by Crippen LogP contribution is -2.25. The average Bonchev–Trinajstić information content (AvgIpc) is 3.21. The summed E-state index contributed by atoms with van der Waals surface area (Å²) in [6.07, 6.45) is 7.35. The number of carbonyl (C=O) groups is 2.